The van der Waals surface area contributed by atoms with Crippen molar-refractivity contribution in [1.29, 1.82) is 0 Å². The van der Waals surface area contributed by atoms with Crippen molar-refractivity contribution in [3.8, 4) is 17.1 Å². The van der Waals surface area contributed by atoms with E-state index in [1.807, 2.05) is 41.8 Å². The fourth-order valence-electron chi connectivity index (χ4n) is 2.74. The average molecular weight is 400 g/mol. The van der Waals surface area contributed by atoms with Crippen molar-refractivity contribution in [2.45, 2.75) is 13.0 Å². The molecular formula is C20H14ClNO4S. The zero-order chi connectivity index (χ0) is 18.8. The van der Waals surface area contributed by atoms with Gasteiger partial charge in [0.15, 0.2) is 5.76 Å². The fraction of sp³-hybridized carbons (Fsp3) is 0.100. The second kappa shape index (κ2) is 7.42. The van der Waals surface area contributed by atoms with E-state index in [-0.39, 0.29) is 13.0 Å². The molecular weight excluding hydrogens is 386 g/mol. The molecule has 5 nitrogen and oxygen atoms in total. The highest BCUT2D eigenvalue weighted by atomic mass is 35.5. The van der Waals surface area contributed by atoms with E-state index in [1.54, 1.807) is 12.1 Å². The number of hydrogen-bond donors (Lipinski definition) is 1. The van der Waals surface area contributed by atoms with Crippen LogP contribution in [0.2, 0.25) is 5.02 Å². The van der Waals surface area contributed by atoms with Crippen LogP contribution >= 0.6 is 22.9 Å². The molecule has 0 saturated carbocycles. The van der Waals surface area contributed by atoms with Gasteiger partial charge >= 0.3 is 5.97 Å². The molecule has 2 heterocycles. The smallest absolute Gasteiger partial charge is 0.307 e. The molecule has 0 aliphatic heterocycles. The summed E-state index contributed by atoms with van der Waals surface area (Å²) < 4.78 is 12.2. The van der Waals surface area contributed by atoms with E-state index in [0.717, 1.165) is 21.2 Å². The first kappa shape index (κ1) is 17.6. The highest BCUT2D eigenvalue weighted by molar-refractivity contribution is 7.17. The van der Waals surface area contributed by atoms with E-state index in [0.29, 0.717) is 22.2 Å². The average Bonchev–Trinajstić information content (AvgIpc) is 3.27. The Labute approximate surface area is 163 Å². The van der Waals surface area contributed by atoms with E-state index < -0.39 is 5.97 Å². The van der Waals surface area contributed by atoms with Crippen LogP contribution in [0.1, 0.15) is 11.3 Å². The minimum atomic E-state index is -0.836. The Morgan fingerprint density at radius 1 is 1.19 bits per heavy atom. The third-order valence-electron chi connectivity index (χ3n) is 4.04. The van der Waals surface area contributed by atoms with Gasteiger partial charge in [-0.25, -0.2) is 0 Å². The highest BCUT2D eigenvalue weighted by Crippen LogP contribution is 2.30. The largest absolute Gasteiger partial charge is 0.487 e. The maximum atomic E-state index is 10.9. The number of ether oxygens (including phenoxy) is 1. The van der Waals surface area contributed by atoms with Gasteiger partial charge in [-0.3, -0.25) is 4.79 Å². The van der Waals surface area contributed by atoms with Gasteiger partial charge in [0.05, 0.1) is 6.42 Å². The molecule has 0 bridgehead atoms. The zero-order valence-corrected chi connectivity index (χ0v) is 15.6. The normalized spacial score (nSPS) is 11.0. The number of aliphatic carboxylic acids is 1. The summed E-state index contributed by atoms with van der Waals surface area (Å²) in [6.45, 7) is 0.274. The van der Waals surface area contributed by atoms with Gasteiger partial charge < -0.3 is 14.4 Å². The van der Waals surface area contributed by atoms with Crippen LogP contribution < -0.4 is 4.74 Å². The molecule has 0 atom stereocenters. The monoisotopic (exact) mass is 399 g/mol. The minimum Gasteiger partial charge on any atom is -0.487 e. The number of carboxylic acid groups (broad SMARTS) is 1. The third-order valence-corrected chi connectivity index (χ3v) is 5.29. The lowest BCUT2D eigenvalue weighted by atomic mass is 10.1. The van der Waals surface area contributed by atoms with Crippen molar-refractivity contribution in [1.82, 2.24) is 5.16 Å². The van der Waals surface area contributed by atoms with E-state index in [4.69, 9.17) is 26.0 Å². The molecule has 0 fully saturated rings. The molecule has 7 heteroatoms. The van der Waals surface area contributed by atoms with Gasteiger partial charge in [-0.1, -0.05) is 16.8 Å². The Morgan fingerprint density at radius 2 is 2.00 bits per heavy atom. The summed E-state index contributed by atoms with van der Waals surface area (Å²) in [5.74, 6) is 0.511. The van der Waals surface area contributed by atoms with Crippen molar-refractivity contribution in [3.63, 3.8) is 0 Å². The first-order valence-electron chi connectivity index (χ1n) is 8.15. The maximum absolute atomic E-state index is 10.9. The van der Waals surface area contributed by atoms with Crippen molar-refractivity contribution in [3.05, 3.63) is 70.2 Å². The van der Waals surface area contributed by atoms with Crippen LogP contribution in [0.4, 0.5) is 0 Å². The molecule has 2 aromatic heterocycles. The molecule has 136 valence electrons. The first-order valence-corrected chi connectivity index (χ1v) is 9.40. The molecule has 4 rings (SSSR count). The Hall–Kier alpha value is -2.83. The van der Waals surface area contributed by atoms with Crippen molar-refractivity contribution < 1.29 is 19.2 Å². The van der Waals surface area contributed by atoms with E-state index in [2.05, 4.69) is 5.16 Å². The van der Waals surface area contributed by atoms with Crippen LogP contribution in [0.5, 0.6) is 5.75 Å². The molecule has 2 aromatic carbocycles. The molecule has 0 radical (unpaired) electrons. The number of halogens is 1. The molecule has 0 aliphatic carbocycles. The summed E-state index contributed by atoms with van der Waals surface area (Å²) in [4.78, 5) is 10.9. The van der Waals surface area contributed by atoms with Gasteiger partial charge in [-0.05, 0) is 58.8 Å². The van der Waals surface area contributed by atoms with Gasteiger partial charge in [-0.2, -0.15) is 0 Å². The minimum absolute atomic E-state index is 0.0205. The summed E-state index contributed by atoms with van der Waals surface area (Å²) >= 11 is 7.40. The number of fused-ring (bicyclic) bond motifs is 1. The Morgan fingerprint density at radius 3 is 2.78 bits per heavy atom. The van der Waals surface area contributed by atoms with Gasteiger partial charge in [-0.15, -0.1) is 11.3 Å². The number of carbonyl (C=O) groups is 1. The summed E-state index contributed by atoms with van der Waals surface area (Å²) in [7, 11) is 0. The number of aromatic nitrogens is 1. The molecule has 1 N–H and O–H groups in total. The van der Waals surface area contributed by atoms with Crippen LogP contribution in [-0.2, 0) is 17.8 Å². The third kappa shape index (κ3) is 3.97. The summed E-state index contributed by atoms with van der Waals surface area (Å²) in [6, 6.07) is 14.8. The van der Waals surface area contributed by atoms with Crippen LogP contribution in [0, 0.1) is 0 Å². The summed E-state index contributed by atoms with van der Waals surface area (Å²) in [5.41, 5.74) is 2.39. The number of hydrogen-bond acceptors (Lipinski definition) is 5. The number of nitrogens with zero attached hydrogens (tertiary/aromatic N) is 1. The Kier molecular flexibility index (Phi) is 4.83. The zero-order valence-electron chi connectivity index (χ0n) is 14.0. The summed E-state index contributed by atoms with van der Waals surface area (Å²) in [6.07, 6.45) is 0.0205. The fourth-order valence-corrected chi connectivity index (χ4v) is 3.86. The quantitative estimate of drug-likeness (QED) is 0.469. The van der Waals surface area contributed by atoms with Crippen LogP contribution in [0.3, 0.4) is 0 Å². The summed E-state index contributed by atoms with van der Waals surface area (Å²) in [5, 5.41) is 16.5. The molecule has 0 aliphatic rings. The van der Waals surface area contributed by atoms with E-state index in [9.17, 15) is 4.79 Å². The first-order chi connectivity index (χ1) is 13.1. The lowest BCUT2D eigenvalue weighted by Gasteiger charge is -2.04. The Bertz CT molecular complexity index is 1100. The van der Waals surface area contributed by atoms with Crippen LogP contribution in [0.15, 0.2) is 58.4 Å². The predicted molar refractivity (Wildman–Crippen MR) is 104 cm³/mol. The Balaban J connectivity index is 1.46. The number of thiophene rings is 1. The van der Waals surface area contributed by atoms with E-state index >= 15 is 0 Å². The van der Waals surface area contributed by atoms with Crippen molar-refractivity contribution >= 4 is 39.0 Å². The SMILES string of the molecule is O=C(O)Cc1csc2cc(OCc3cc(-c4ccc(Cl)cc4)on3)ccc12. The van der Waals surface area contributed by atoms with Crippen molar-refractivity contribution in [2.24, 2.45) is 0 Å². The molecule has 0 amide bonds. The molecule has 0 spiro atoms. The number of benzene rings is 2. The second-order valence-corrected chi connectivity index (χ2v) is 7.32. The van der Waals surface area contributed by atoms with Crippen molar-refractivity contribution in [2.75, 3.05) is 0 Å². The lowest BCUT2D eigenvalue weighted by molar-refractivity contribution is -0.136. The van der Waals surface area contributed by atoms with E-state index in [1.165, 1.54) is 11.3 Å². The molecule has 4 aromatic rings. The number of rotatable bonds is 6. The van der Waals surface area contributed by atoms with Gasteiger partial charge in [0.25, 0.3) is 0 Å². The maximum Gasteiger partial charge on any atom is 0.307 e. The highest BCUT2D eigenvalue weighted by Gasteiger charge is 2.10. The molecule has 0 unspecified atom stereocenters. The predicted octanol–water partition coefficient (Wildman–Crippen LogP) is 5.42. The van der Waals surface area contributed by atoms with Gasteiger partial charge in [0.1, 0.15) is 18.1 Å². The molecule has 0 saturated heterocycles. The van der Waals surface area contributed by atoms with Gasteiger partial charge in [0, 0.05) is 21.4 Å². The van der Waals surface area contributed by atoms with Gasteiger partial charge in [0.2, 0.25) is 0 Å². The molecule has 27 heavy (non-hydrogen) atoms. The standard InChI is InChI=1S/C20H14ClNO4S/c21-14-3-1-12(2-4-14)18-8-15(22-26-18)10-25-16-5-6-17-13(7-20(23)24)11-27-19(17)9-16/h1-6,8-9,11H,7,10H2,(H,23,24). The number of carboxylic acids is 1. The van der Waals surface area contributed by atoms with Crippen LogP contribution in [0.25, 0.3) is 21.4 Å². The van der Waals surface area contributed by atoms with Crippen LogP contribution in [-0.4, -0.2) is 16.2 Å². The lowest BCUT2D eigenvalue weighted by Crippen LogP contribution is -1.98. The topological polar surface area (TPSA) is 72.6 Å². The second-order valence-electron chi connectivity index (χ2n) is 5.97.